The average molecular weight is 297 g/mol. The van der Waals surface area contributed by atoms with Gasteiger partial charge in [-0.3, -0.25) is 4.79 Å². The van der Waals surface area contributed by atoms with Gasteiger partial charge in [0.25, 0.3) is 5.91 Å². The van der Waals surface area contributed by atoms with Crippen LogP contribution in [0.1, 0.15) is 10.4 Å². The number of para-hydroxylation sites is 1. The van der Waals surface area contributed by atoms with E-state index >= 15 is 0 Å². The first kappa shape index (κ1) is 15.9. The van der Waals surface area contributed by atoms with Crippen LogP contribution in [0.3, 0.4) is 0 Å². The van der Waals surface area contributed by atoms with E-state index in [2.05, 4.69) is 22.3 Å². The monoisotopic (exact) mass is 297 g/mol. The average Bonchev–Trinajstić information content (AvgIpc) is 2.55. The Balaban J connectivity index is 1.82. The van der Waals surface area contributed by atoms with E-state index in [0.29, 0.717) is 12.1 Å². The van der Waals surface area contributed by atoms with Crippen molar-refractivity contribution in [2.24, 2.45) is 0 Å². The Hall–Kier alpha value is -2.49. The predicted octanol–water partition coefficient (Wildman–Crippen LogP) is 2.62. The molecule has 0 saturated heterocycles. The lowest BCUT2D eigenvalue weighted by atomic mass is 10.2. The number of amides is 1. The van der Waals surface area contributed by atoms with E-state index in [1.165, 1.54) is 0 Å². The number of nitrogens with zero attached hydrogens (tertiary/aromatic N) is 2. The molecular weight excluding hydrogens is 274 g/mol. The minimum absolute atomic E-state index is 0.0354. The molecule has 0 fully saturated rings. The van der Waals surface area contributed by atoms with Gasteiger partial charge in [-0.2, -0.15) is 0 Å². The summed E-state index contributed by atoms with van der Waals surface area (Å²) in [4.78, 5) is 16.2. The smallest absolute Gasteiger partial charge is 0.251 e. The number of carbonyl (C=O) groups is 1. The lowest BCUT2D eigenvalue weighted by molar-refractivity contribution is 0.0955. The van der Waals surface area contributed by atoms with E-state index in [9.17, 15) is 4.79 Å². The molecule has 0 aliphatic rings. The van der Waals surface area contributed by atoms with Gasteiger partial charge in [0.15, 0.2) is 0 Å². The molecule has 0 spiro atoms. The number of likely N-dealkylation sites (N-methyl/N-ethyl adjacent to an activating group) is 1. The second-order valence-corrected chi connectivity index (χ2v) is 5.45. The molecular formula is C18H23N3O. The summed E-state index contributed by atoms with van der Waals surface area (Å²) in [6.07, 6.45) is 0. The Morgan fingerprint density at radius 1 is 0.909 bits per heavy atom. The summed E-state index contributed by atoms with van der Waals surface area (Å²) in [6, 6.07) is 17.7. The predicted molar refractivity (Wildman–Crippen MR) is 92.8 cm³/mol. The quantitative estimate of drug-likeness (QED) is 0.890. The molecule has 1 amide bonds. The molecule has 0 heterocycles. The maximum Gasteiger partial charge on any atom is 0.251 e. The van der Waals surface area contributed by atoms with Gasteiger partial charge in [0, 0.05) is 51.2 Å². The maximum absolute atomic E-state index is 12.1. The second-order valence-electron chi connectivity index (χ2n) is 5.45. The van der Waals surface area contributed by atoms with Gasteiger partial charge in [-0.1, -0.05) is 18.2 Å². The number of carbonyl (C=O) groups excluding carboxylic acids is 1. The Bertz CT molecular complexity index is 593. The molecule has 2 aromatic rings. The van der Waals surface area contributed by atoms with E-state index in [1.807, 2.05) is 68.5 Å². The number of rotatable bonds is 6. The van der Waals surface area contributed by atoms with Crippen LogP contribution >= 0.6 is 0 Å². The van der Waals surface area contributed by atoms with Crippen molar-refractivity contribution in [1.82, 2.24) is 5.32 Å². The summed E-state index contributed by atoms with van der Waals surface area (Å²) in [5.41, 5.74) is 2.92. The topological polar surface area (TPSA) is 35.6 Å². The van der Waals surface area contributed by atoms with Crippen LogP contribution in [0.15, 0.2) is 54.6 Å². The van der Waals surface area contributed by atoms with Crippen molar-refractivity contribution in [3.8, 4) is 0 Å². The Morgan fingerprint density at radius 3 is 2.14 bits per heavy atom. The van der Waals surface area contributed by atoms with Gasteiger partial charge in [0.2, 0.25) is 0 Å². The van der Waals surface area contributed by atoms with E-state index < -0.39 is 0 Å². The van der Waals surface area contributed by atoms with Gasteiger partial charge in [-0.25, -0.2) is 0 Å². The van der Waals surface area contributed by atoms with Gasteiger partial charge in [0.1, 0.15) is 0 Å². The van der Waals surface area contributed by atoms with Gasteiger partial charge in [0.05, 0.1) is 0 Å². The molecule has 0 bridgehead atoms. The van der Waals surface area contributed by atoms with E-state index in [0.717, 1.165) is 17.9 Å². The van der Waals surface area contributed by atoms with Crippen LogP contribution < -0.4 is 15.1 Å². The zero-order valence-electron chi connectivity index (χ0n) is 13.4. The van der Waals surface area contributed by atoms with Crippen molar-refractivity contribution < 1.29 is 4.79 Å². The van der Waals surface area contributed by atoms with Crippen molar-refractivity contribution >= 4 is 17.3 Å². The Labute approximate surface area is 132 Å². The molecule has 0 radical (unpaired) electrons. The molecule has 0 aromatic heterocycles. The summed E-state index contributed by atoms with van der Waals surface area (Å²) < 4.78 is 0. The maximum atomic E-state index is 12.1. The van der Waals surface area contributed by atoms with Crippen LogP contribution in [0.5, 0.6) is 0 Å². The summed E-state index contributed by atoms with van der Waals surface area (Å²) in [6.45, 7) is 1.38. The summed E-state index contributed by atoms with van der Waals surface area (Å²) in [7, 11) is 5.98. The molecule has 2 aromatic carbocycles. The van der Waals surface area contributed by atoms with Gasteiger partial charge in [-0.05, 0) is 36.4 Å². The highest BCUT2D eigenvalue weighted by Crippen LogP contribution is 2.12. The SMILES string of the molecule is CN(C)c1ccc(C(=O)NCCN(C)c2ccccc2)cc1. The van der Waals surface area contributed by atoms with E-state index in [4.69, 9.17) is 0 Å². The van der Waals surface area contributed by atoms with Crippen LogP contribution in [0.4, 0.5) is 11.4 Å². The number of anilines is 2. The highest BCUT2D eigenvalue weighted by atomic mass is 16.1. The molecule has 0 saturated carbocycles. The first-order valence-corrected chi connectivity index (χ1v) is 7.39. The third-order valence-corrected chi connectivity index (χ3v) is 3.58. The second kappa shape index (κ2) is 7.50. The molecule has 4 heteroatoms. The summed E-state index contributed by atoms with van der Waals surface area (Å²) in [5, 5.41) is 2.95. The van der Waals surface area contributed by atoms with Gasteiger partial charge >= 0.3 is 0 Å². The first-order chi connectivity index (χ1) is 10.6. The summed E-state index contributed by atoms with van der Waals surface area (Å²) >= 11 is 0. The molecule has 2 rings (SSSR count). The van der Waals surface area contributed by atoms with Crippen LogP contribution in [-0.2, 0) is 0 Å². The number of hydrogen-bond donors (Lipinski definition) is 1. The minimum atomic E-state index is -0.0354. The number of nitrogens with one attached hydrogen (secondary N) is 1. The van der Waals surface area contributed by atoms with Gasteiger partial charge < -0.3 is 15.1 Å². The van der Waals surface area contributed by atoms with Gasteiger partial charge in [-0.15, -0.1) is 0 Å². The molecule has 0 atom stereocenters. The summed E-state index contributed by atoms with van der Waals surface area (Å²) in [5.74, 6) is -0.0354. The lowest BCUT2D eigenvalue weighted by Crippen LogP contribution is -2.32. The highest BCUT2D eigenvalue weighted by Gasteiger charge is 2.06. The highest BCUT2D eigenvalue weighted by molar-refractivity contribution is 5.94. The van der Waals surface area contributed by atoms with E-state index in [1.54, 1.807) is 0 Å². The van der Waals surface area contributed by atoms with Crippen molar-refractivity contribution in [2.45, 2.75) is 0 Å². The third kappa shape index (κ3) is 4.25. The minimum Gasteiger partial charge on any atom is -0.378 e. The Morgan fingerprint density at radius 2 is 1.55 bits per heavy atom. The zero-order chi connectivity index (χ0) is 15.9. The molecule has 0 aliphatic heterocycles. The van der Waals surface area contributed by atoms with Crippen LogP contribution in [-0.4, -0.2) is 40.1 Å². The Kier molecular flexibility index (Phi) is 5.42. The van der Waals surface area contributed by atoms with Crippen LogP contribution in [0.25, 0.3) is 0 Å². The lowest BCUT2D eigenvalue weighted by Gasteiger charge is -2.19. The number of benzene rings is 2. The van der Waals surface area contributed by atoms with Crippen molar-refractivity contribution in [3.63, 3.8) is 0 Å². The number of hydrogen-bond acceptors (Lipinski definition) is 3. The molecule has 4 nitrogen and oxygen atoms in total. The molecule has 0 aliphatic carbocycles. The van der Waals surface area contributed by atoms with Crippen molar-refractivity contribution in [3.05, 3.63) is 60.2 Å². The zero-order valence-corrected chi connectivity index (χ0v) is 13.4. The molecule has 1 N–H and O–H groups in total. The standard InChI is InChI=1S/C18H23N3O/c1-20(2)16-11-9-15(10-12-16)18(22)19-13-14-21(3)17-7-5-4-6-8-17/h4-12H,13-14H2,1-3H3,(H,19,22). The van der Waals surface area contributed by atoms with Crippen molar-refractivity contribution in [2.75, 3.05) is 44.0 Å². The van der Waals surface area contributed by atoms with Crippen molar-refractivity contribution in [1.29, 1.82) is 0 Å². The molecule has 22 heavy (non-hydrogen) atoms. The fourth-order valence-electron chi connectivity index (χ4n) is 2.16. The third-order valence-electron chi connectivity index (χ3n) is 3.58. The largest absolute Gasteiger partial charge is 0.378 e. The molecule has 0 unspecified atom stereocenters. The van der Waals surface area contributed by atoms with Crippen LogP contribution in [0, 0.1) is 0 Å². The first-order valence-electron chi connectivity index (χ1n) is 7.39. The fraction of sp³-hybridized carbons (Fsp3) is 0.278. The van der Waals surface area contributed by atoms with Crippen LogP contribution in [0.2, 0.25) is 0 Å². The van der Waals surface area contributed by atoms with E-state index in [-0.39, 0.29) is 5.91 Å². The fourth-order valence-corrected chi connectivity index (χ4v) is 2.16. The normalized spacial score (nSPS) is 10.1. The molecule has 116 valence electrons.